The Morgan fingerprint density at radius 1 is 1.42 bits per heavy atom. The van der Waals surface area contributed by atoms with Crippen LogP contribution in [-0.2, 0) is 9.59 Å². The van der Waals surface area contributed by atoms with Gasteiger partial charge >= 0.3 is 5.97 Å². The molecule has 1 aliphatic heterocycles. The van der Waals surface area contributed by atoms with Gasteiger partial charge in [-0.05, 0) is 19.1 Å². The molecule has 1 saturated heterocycles. The number of hydrogen-bond donors (Lipinski definition) is 2. The van der Waals surface area contributed by atoms with Gasteiger partial charge in [0.1, 0.15) is 0 Å². The van der Waals surface area contributed by atoms with Gasteiger partial charge in [0.05, 0.1) is 23.9 Å². The molecule has 2 N–H and O–H groups in total. The Bertz CT molecular complexity index is 739. The number of aliphatic carboxylic acids is 1. The summed E-state index contributed by atoms with van der Waals surface area (Å²) < 4.78 is 0. The van der Waals surface area contributed by atoms with E-state index in [1.54, 1.807) is 11.8 Å². The van der Waals surface area contributed by atoms with Crippen molar-refractivity contribution in [3.05, 3.63) is 39.4 Å². The second-order valence-electron chi connectivity index (χ2n) is 5.85. The lowest BCUT2D eigenvalue weighted by Crippen LogP contribution is -2.50. The van der Waals surface area contributed by atoms with Crippen LogP contribution in [-0.4, -0.2) is 63.4 Å². The Kier molecular flexibility index (Phi) is 6.56. The monoisotopic (exact) mass is 381 g/mol. The van der Waals surface area contributed by atoms with E-state index in [0.29, 0.717) is 17.9 Å². The zero-order chi connectivity index (χ0) is 19.3. The Morgan fingerprint density at radius 3 is 2.77 bits per heavy atom. The van der Waals surface area contributed by atoms with Crippen LogP contribution in [0.3, 0.4) is 0 Å². The van der Waals surface area contributed by atoms with Crippen LogP contribution in [0.1, 0.15) is 22.3 Å². The summed E-state index contributed by atoms with van der Waals surface area (Å²) in [6.45, 7) is 1.71. The molecule has 140 valence electrons. The maximum atomic E-state index is 12.4. The van der Waals surface area contributed by atoms with Gasteiger partial charge in [-0.15, -0.1) is 0 Å². The number of carbonyl (C=O) groups excluding carboxylic acids is 2. The van der Waals surface area contributed by atoms with E-state index in [0.717, 1.165) is 5.75 Å². The van der Waals surface area contributed by atoms with Gasteiger partial charge in [0.2, 0.25) is 5.91 Å². The number of rotatable bonds is 6. The Hall–Kier alpha value is -2.62. The standard InChI is InChI=1S/C16H19N3O6S/c1-10-6-11(2-3-13(10)19(24)25)16(23)17-8-14(20)18-4-5-26-9-12(18)7-15(21)22/h2-3,6,12H,4-5,7-9H2,1H3,(H,17,23)(H,21,22). The van der Waals surface area contributed by atoms with E-state index >= 15 is 0 Å². The molecule has 0 radical (unpaired) electrons. The van der Waals surface area contributed by atoms with Gasteiger partial charge in [0, 0.05) is 35.2 Å². The molecule has 1 aliphatic rings. The molecule has 2 amide bonds. The molecule has 1 fully saturated rings. The molecule has 0 aromatic heterocycles. The SMILES string of the molecule is Cc1cc(C(=O)NCC(=O)N2CCSCC2CC(=O)O)ccc1[N+](=O)[O-]. The molecule has 1 atom stereocenters. The summed E-state index contributed by atoms with van der Waals surface area (Å²) in [5.74, 6) is -0.563. The van der Waals surface area contributed by atoms with Crippen molar-refractivity contribution in [1.29, 1.82) is 0 Å². The van der Waals surface area contributed by atoms with E-state index in [9.17, 15) is 24.5 Å². The molecule has 0 saturated carbocycles. The number of nitrogens with one attached hydrogen (secondary N) is 1. The number of nitrogens with zero attached hydrogens (tertiary/aromatic N) is 2. The summed E-state index contributed by atoms with van der Waals surface area (Å²) in [5.41, 5.74) is 0.487. The smallest absolute Gasteiger partial charge is 0.305 e. The highest BCUT2D eigenvalue weighted by Gasteiger charge is 2.28. The first-order chi connectivity index (χ1) is 12.3. The quantitative estimate of drug-likeness (QED) is 0.556. The molecule has 10 heteroatoms. The Morgan fingerprint density at radius 2 is 2.15 bits per heavy atom. The van der Waals surface area contributed by atoms with Crippen LogP contribution in [0, 0.1) is 17.0 Å². The number of benzene rings is 1. The van der Waals surface area contributed by atoms with Gasteiger partial charge < -0.3 is 15.3 Å². The highest BCUT2D eigenvalue weighted by atomic mass is 32.2. The first-order valence-electron chi connectivity index (χ1n) is 7.92. The summed E-state index contributed by atoms with van der Waals surface area (Å²) in [4.78, 5) is 47.2. The zero-order valence-electron chi connectivity index (χ0n) is 14.1. The number of amides is 2. The molecular weight excluding hydrogens is 362 g/mol. The lowest BCUT2D eigenvalue weighted by molar-refractivity contribution is -0.385. The molecule has 1 unspecified atom stereocenters. The Balaban J connectivity index is 1.97. The molecule has 26 heavy (non-hydrogen) atoms. The molecule has 2 rings (SSSR count). The third kappa shape index (κ3) is 4.94. The summed E-state index contributed by atoms with van der Waals surface area (Å²) in [5, 5.41) is 22.3. The number of hydrogen-bond acceptors (Lipinski definition) is 6. The van der Waals surface area contributed by atoms with Crippen molar-refractivity contribution >= 4 is 35.2 Å². The number of carboxylic acids is 1. The van der Waals surface area contributed by atoms with Gasteiger partial charge in [0.15, 0.2) is 0 Å². The minimum Gasteiger partial charge on any atom is -0.481 e. The van der Waals surface area contributed by atoms with Crippen LogP contribution in [0.2, 0.25) is 0 Å². The van der Waals surface area contributed by atoms with Gasteiger partial charge in [-0.25, -0.2) is 0 Å². The number of thioether (sulfide) groups is 1. The molecule has 0 aliphatic carbocycles. The van der Waals surface area contributed by atoms with Gasteiger partial charge in [-0.1, -0.05) is 0 Å². The van der Waals surface area contributed by atoms with E-state index in [4.69, 9.17) is 5.11 Å². The van der Waals surface area contributed by atoms with E-state index in [1.165, 1.54) is 30.0 Å². The zero-order valence-corrected chi connectivity index (χ0v) is 15.0. The molecule has 9 nitrogen and oxygen atoms in total. The summed E-state index contributed by atoms with van der Waals surface area (Å²) in [6, 6.07) is 3.58. The number of nitro benzene ring substituents is 1. The van der Waals surface area contributed by atoms with Crippen LogP contribution in [0.5, 0.6) is 0 Å². The summed E-state index contributed by atoms with van der Waals surface area (Å²) in [6.07, 6.45) is -0.131. The van der Waals surface area contributed by atoms with Crippen molar-refractivity contribution in [3.8, 4) is 0 Å². The van der Waals surface area contributed by atoms with Crippen LogP contribution in [0.25, 0.3) is 0 Å². The number of carbonyl (C=O) groups is 3. The Labute approximate surface area is 153 Å². The molecule has 1 aromatic carbocycles. The van der Waals surface area contributed by atoms with E-state index in [1.807, 2.05) is 0 Å². The van der Waals surface area contributed by atoms with Crippen molar-refractivity contribution in [2.45, 2.75) is 19.4 Å². The van der Waals surface area contributed by atoms with Crippen LogP contribution < -0.4 is 5.32 Å². The molecule has 1 aromatic rings. The van der Waals surface area contributed by atoms with E-state index in [2.05, 4.69) is 5.32 Å². The average molecular weight is 381 g/mol. The summed E-state index contributed by atoms with van der Waals surface area (Å²) in [7, 11) is 0. The fraction of sp³-hybridized carbons (Fsp3) is 0.438. The summed E-state index contributed by atoms with van der Waals surface area (Å²) >= 11 is 1.59. The largest absolute Gasteiger partial charge is 0.481 e. The number of carboxylic acid groups (broad SMARTS) is 1. The van der Waals surface area contributed by atoms with Crippen molar-refractivity contribution in [3.63, 3.8) is 0 Å². The van der Waals surface area contributed by atoms with Crippen LogP contribution in [0.15, 0.2) is 18.2 Å². The minimum atomic E-state index is -0.972. The predicted molar refractivity (Wildman–Crippen MR) is 95.2 cm³/mol. The molecule has 0 bridgehead atoms. The molecule has 0 spiro atoms. The third-order valence-corrected chi connectivity index (χ3v) is 5.11. The van der Waals surface area contributed by atoms with Gasteiger partial charge in [0.25, 0.3) is 11.6 Å². The van der Waals surface area contributed by atoms with E-state index in [-0.39, 0.29) is 30.1 Å². The van der Waals surface area contributed by atoms with Gasteiger partial charge in [-0.2, -0.15) is 11.8 Å². The fourth-order valence-corrected chi connectivity index (χ4v) is 3.78. The maximum Gasteiger partial charge on any atom is 0.305 e. The van der Waals surface area contributed by atoms with Crippen molar-refractivity contribution in [2.24, 2.45) is 0 Å². The average Bonchev–Trinajstić information content (AvgIpc) is 2.58. The van der Waals surface area contributed by atoms with Crippen LogP contribution in [0.4, 0.5) is 5.69 Å². The second kappa shape index (κ2) is 8.65. The number of aryl methyl sites for hydroxylation is 1. The highest BCUT2D eigenvalue weighted by Crippen LogP contribution is 2.20. The highest BCUT2D eigenvalue weighted by molar-refractivity contribution is 7.99. The molecule has 1 heterocycles. The fourth-order valence-electron chi connectivity index (χ4n) is 2.71. The van der Waals surface area contributed by atoms with Crippen molar-refractivity contribution < 1.29 is 24.4 Å². The first-order valence-corrected chi connectivity index (χ1v) is 9.07. The maximum absolute atomic E-state index is 12.4. The molecular formula is C16H19N3O6S. The lowest BCUT2D eigenvalue weighted by Gasteiger charge is -2.34. The van der Waals surface area contributed by atoms with Crippen molar-refractivity contribution in [1.82, 2.24) is 10.2 Å². The minimum absolute atomic E-state index is 0.0834. The van der Waals surface area contributed by atoms with E-state index < -0.39 is 22.8 Å². The van der Waals surface area contributed by atoms with Crippen LogP contribution >= 0.6 is 11.8 Å². The van der Waals surface area contributed by atoms with Gasteiger partial charge in [-0.3, -0.25) is 24.5 Å². The normalized spacial score (nSPS) is 16.8. The number of nitro groups is 1. The third-order valence-electron chi connectivity index (χ3n) is 4.01. The lowest BCUT2D eigenvalue weighted by atomic mass is 10.1. The predicted octanol–water partition coefficient (Wildman–Crippen LogP) is 1.05. The van der Waals surface area contributed by atoms with Crippen molar-refractivity contribution in [2.75, 3.05) is 24.6 Å². The first kappa shape index (κ1) is 19.7. The second-order valence-corrected chi connectivity index (χ2v) is 7.00. The topological polar surface area (TPSA) is 130 Å².